The molecule has 0 aliphatic heterocycles. The molecule has 3 heterocycles. The molecular formula is C86H135N9O16. The Morgan fingerprint density at radius 3 is 0.964 bits per heavy atom. The molecule has 25 nitrogen and oxygen atoms in total. The first-order valence-electron chi connectivity index (χ1n) is 43.6. The van der Waals surface area contributed by atoms with Crippen LogP contribution in [0.25, 0.3) is 0 Å². The van der Waals surface area contributed by atoms with Crippen molar-refractivity contribution >= 4 is 17.9 Å². The Labute approximate surface area is 656 Å². The molecule has 15 rings (SSSR count). The Morgan fingerprint density at radius 2 is 0.703 bits per heavy atom. The number of fused-ring (bicyclic) bond motifs is 15. The van der Waals surface area contributed by atoms with Crippen molar-refractivity contribution in [3.63, 3.8) is 0 Å². The van der Waals surface area contributed by atoms with E-state index < -0.39 is 59.9 Å². The van der Waals surface area contributed by atoms with Crippen LogP contribution in [-0.4, -0.2) is 177 Å². The monoisotopic (exact) mass is 1550 g/mol. The second-order valence-electron chi connectivity index (χ2n) is 41.0. The van der Waals surface area contributed by atoms with E-state index in [1.54, 1.807) is 0 Å². The molecule has 3 aromatic heterocycles. The molecule has 0 saturated heterocycles. The number of carbonyl (C=O) groups is 3. The quantitative estimate of drug-likeness (QED) is 0.0323. The SMILES string of the molecule is CC(CCC(=O)O)C1CCC2C3C(O)CC4C[C@@H](n5cc(COCC(CO)(COCc6cn([C@@H]7CC[C@]8(C)C(CC(O)C9C%10CCC(C(C)CCC(=O)O)C%10(C)[C@@H](O)C[C@H]98)C7)nn6)COCc6cn([C@H]7CC[C@@]8(C)C(CC(O)C9C%10CCC(C(C)CCC(=O)O)C%10(C)[C@H](O)C[C@@H]98)C7)nn6)nn5)CC[C@]4(C)[C@H]3C[C@@H](O)C12C. The number of ether oxygens (including phenoxy) is 3. The number of rotatable bonds is 28. The minimum atomic E-state index is -1.05. The van der Waals surface area contributed by atoms with Gasteiger partial charge in [-0.3, -0.25) is 14.4 Å². The van der Waals surface area contributed by atoms with Crippen LogP contribution in [0, 0.1) is 144 Å². The number of hydrogen-bond acceptors (Lipinski definition) is 19. The first-order chi connectivity index (χ1) is 52.8. The number of aliphatic hydroxyl groups is 7. The molecule has 10 N–H and O–H groups in total. The largest absolute Gasteiger partial charge is 0.481 e. The third kappa shape index (κ3) is 14.3. The van der Waals surface area contributed by atoms with Gasteiger partial charge in [-0.2, -0.15) is 0 Å². The molecular weight excluding hydrogens is 1410 g/mol. The summed E-state index contributed by atoms with van der Waals surface area (Å²) in [5.41, 5.74) is -0.452. The highest BCUT2D eigenvalue weighted by Crippen LogP contribution is 2.73. The Bertz CT molecular complexity index is 3390. The molecule has 620 valence electrons. The van der Waals surface area contributed by atoms with Crippen molar-refractivity contribution in [1.82, 2.24) is 45.0 Å². The van der Waals surface area contributed by atoms with Crippen molar-refractivity contribution in [3.8, 4) is 0 Å². The zero-order valence-corrected chi connectivity index (χ0v) is 67.8. The van der Waals surface area contributed by atoms with Crippen LogP contribution in [0.15, 0.2) is 18.6 Å². The number of hydrogen-bond donors (Lipinski definition) is 10. The Balaban J connectivity index is 0.588. The van der Waals surface area contributed by atoms with E-state index in [1.165, 1.54) is 0 Å². The van der Waals surface area contributed by atoms with Gasteiger partial charge in [-0.05, 0) is 293 Å². The van der Waals surface area contributed by atoms with Crippen LogP contribution in [0.1, 0.15) is 271 Å². The van der Waals surface area contributed by atoms with Gasteiger partial charge in [0, 0.05) is 19.3 Å². The van der Waals surface area contributed by atoms with E-state index in [1.807, 2.05) is 32.6 Å². The summed E-state index contributed by atoms with van der Waals surface area (Å²) < 4.78 is 25.5. The summed E-state index contributed by atoms with van der Waals surface area (Å²) in [5.74, 6) is 0.737. The summed E-state index contributed by atoms with van der Waals surface area (Å²) in [6, 6.07) is 0.174. The normalized spacial score (nSPS) is 45.0. The Hall–Kier alpha value is -4.57. The molecule has 0 aromatic carbocycles. The van der Waals surface area contributed by atoms with E-state index in [9.17, 15) is 65.4 Å². The highest BCUT2D eigenvalue weighted by atomic mass is 16.5. The van der Waals surface area contributed by atoms with Crippen LogP contribution in [0.5, 0.6) is 0 Å². The van der Waals surface area contributed by atoms with Crippen molar-refractivity contribution in [1.29, 1.82) is 0 Å². The van der Waals surface area contributed by atoms with Gasteiger partial charge >= 0.3 is 17.9 Å². The van der Waals surface area contributed by atoms with Crippen molar-refractivity contribution in [2.75, 3.05) is 26.4 Å². The molecule has 3 aromatic rings. The first-order valence-corrected chi connectivity index (χ1v) is 43.6. The zero-order valence-electron chi connectivity index (χ0n) is 67.8. The van der Waals surface area contributed by atoms with Crippen molar-refractivity contribution in [2.45, 2.75) is 310 Å². The van der Waals surface area contributed by atoms with Crippen molar-refractivity contribution < 1.29 is 79.7 Å². The van der Waals surface area contributed by atoms with Gasteiger partial charge in [-0.1, -0.05) is 78.0 Å². The Kier molecular flexibility index (Phi) is 23.1. The van der Waals surface area contributed by atoms with Gasteiger partial charge < -0.3 is 65.3 Å². The van der Waals surface area contributed by atoms with Crippen LogP contribution in [0.2, 0.25) is 0 Å². The van der Waals surface area contributed by atoms with Gasteiger partial charge in [0.1, 0.15) is 17.1 Å². The van der Waals surface area contributed by atoms with E-state index in [0.29, 0.717) is 74.9 Å². The number of aromatic nitrogens is 9. The molecule has 0 bridgehead atoms. The fraction of sp³-hybridized carbons (Fsp3) is 0.895. The third-order valence-corrected chi connectivity index (χ3v) is 36.1. The van der Waals surface area contributed by atoms with Crippen LogP contribution in [0.3, 0.4) is 0 Å². The minimum absolute atomic E-state index is 0.0484. The van der Waals surface area contributed by atoms with E-state index >= 15 is 0 Å². The molecule has 12 fully saturated rings. The summed E-state index contributed by atoms with van der Waals surface area (Å²) in [7, 11) is 0. The maximum absolute atomic E-state index is 12.2. The molecule has 12 aliphatic carbocycles. The van der Waals surface area contributed by atoms with Gasteiger partial charge in [-0.15, -0.1) is 15.3 Å². The molecule has 111 heavy (non-hydrogen) atoms. The number of carboxylic acids is 3. The molecule has 33 atom stereocenters. The van der Waals surface area contributed by atoms with Crippen molar-refractivity contribution in [3.05, 3.63) is 35.7 Å². The van der Waals surface area contributed by atoms with Crippen LogP contribution in [0.4, 0.5) is 0 Å². The minimum Gasteiger partial charge on any atom is -0.481 e. The maximum atomic E-state index is 12.2. The van der Waals surface area contributed by atoms with Gasteiger partial charge in [0.05, 0.1) is 125 Å². The van der Waals surface area contributed by atoms with E-state index in [0.717, 1.165) is 96.3 Å². The molecule has 21 unspecified atom stereocenters. The predicted octanol–water partition coefficient (Wildman–Crippen LogP) is 11.3. The van der Waals surface area contributed by atoms with E-state index in [-0.39, 0.29) is 223 Å². The van der Waals surface area contributed by atoms with Crippen LogP contribution < -0.4 is 0 Å². The van der Waals surface area contributed by atoms with Crippen molar-refractivity contribution in [2.24, 2.45) is 144 Å². The molecule has 12 aliphatic rings. The summed E-state index contributed by atoms with van der Waals surface area (Å²) >= 11 is 0. The van der Waals surface area contributed by atoms with Gasteiger partial charge in [0.25, 0.3) is 0 Å². The predicted molar refractivity (Wildman–Crippen MR) is 408 cm³/mol. The zero-order chi connectivity index (χ0) is 78.8. The lowest BCUT2D eigenvalue weighted by Crippen LogP contribution is -2.62. The first kappa shape index (κ1) is 81.6. The van der Waals surface area contributed by atoms with Crippen LogP contribution >= 0.6 is 0 Å². The van der Waals surface area contributed by atoms with Crippen LogP contribution in [-0.2, 0) is 48.4 Å². The fourth-order valence-electron chi connectivity index (χ4n) is 29.8. The lowest BCUT2D eigenvalue weighted by atomic mass is 9.43. The number of aliphatic carboxylic acids is 3. The fourth-order valence-corrected chi connectivity index (χ4v) is 29.8. The molecule has 0 spiro atoms. The summed E-state index contributed by atoms with van der Waals surface area (Å²) in [6.45, 7) is 20.5. The van der Waals surface area contributed by atoms with Gasteiger partial charge in [-0.25, -0.2) is 14.0 Å². The second-order valence-corrected chi connectivity index (χ2v) is 41.0. The summed E-state index contributed by atoms with van der Waals surface area (Å²) in [4.78, 5) is 34.8. The molecule has 0 radical (unpaired) electrons. The standard InChI is InChI=1S/C86H135N9O16/c1-47(10-19-74(103)104)59-13-16-62-77-65(34-71(100)83(59,62)7)80(4)25-22-56(28-50(80)31-68(77)97)93-37-53(87-90-93)40-109-44-86(43-96,45-110-41-54-38-94(91-88-54)57-23-26-81(5)51(29-57)32-69(98)78-63-17-14-60(48(2)11-20-75(105)106)84(63,8)72(101)35-66(78)81)46-111-42-55-39-95(92-89-55)58-24-27-82(6)52(30-58)33-70(99)79-64-18-15-61(49(3)12-21-76(107)108)85(64,9)73(102)36-67(79)82/h37-39,47-52,56-73,77-79,96-102H,10-36,40-46H2,1-9H3,(H,103,104)(H,105,106)(H,107,108)/t47?,48?,49?,50?,51?,52?,56-,57-,58+,59?,60?,61?,62?,63?,64?,65-,66-,67+,68?,69?,70?,71+,72+,73-,77?,78?,79?,80-,81-,82+,83?,84?,85?,86?/m0/s1. The lowest BCUT2D eigenvalue weighted by molar-refractivity contribution is -0.204. The van der Waals surface area contributed by atoms with Gasteiger partial charge in [0.15, 0.2) is 0 Å². The lowest BCUT2D eigenvalue weighted by Gasteiger charge is -2.63. The maximum Gasteiger partial charge on any atom is 0.303 e. The highest BCUT2D eigenvalue weighted by molar-refractivity contribution is 5.67. The number of carboxylic acid groups (broad SMARTS) is 3. The highest BCUT2D eigenvalue weighted by Gasteiger charge is 2.70. The Morgan fingerprint density at radius 1 is 0.423 bits per heavy atom. The van der Waals surface area contributed by atoms with E-state index in [4.69, 9.17) is 14.2 Å². The topological polar surface area (TPSA) is 373 Å². The molecule has 12 saturated carbocycles. The number of nitrogens with zero attached hydrogens (tertiary/aromatic N) is 9. The molecule has 0 amide bonds. The summed E-state index contributed by atoms with van der Waals surface area (Å²) in [6.07, 6.45) is 22.6. The van der Waals surface area contributed by atoms with E-state index in [2.05, 4.69) is 93.2 Å². The van der Waals surface area contributed by atoms with Gasteiger partial charge in [0.2, 0.25) is 0 Å². The second kappa shape index (κ2) is 31.4. The smallest absolute Gasteiger partial charge is 0.303 e. The summed E-state index contributed by atoms with van der Waals surface area (Å²) in [5, 5.41) is 141. The average Bonchev–Trinajstić information content (AvgIpc) is 1.70. The molecule has 25 heteroatoms. The number of aliphatic hydroxyl groups excluding tert-OH is 7. The third-order valence-electron chi connectivity index (χ3n) is 36.1. The average molecular weight is 1550 g/mol.